The number of hydrogen-bond acceptors (Lipinski definition) is 6. The smallest absolute Gasteiger partial charge is 0.254 e. The maximum absolute atomic E-state index is 14.0. The number of anilines is 2. The molecule has 1 amide bonds. The Hall–Kier alpha value is -3.53. The molecule has 0 fully saturated rings. The second-order valence-corrected chi connectivity index (χ2v) is 8.35. The molecule has 0 spiro atoms. The Bertz CT molecular complexity index is 1240. The van der Waals surface area contributed by atoms with E-state index in [2.05, 4.69) is 5.32 Å². The first-order chi connectivity index (χ1) is 17.8. The first kappa shape index (κ1) is 28.0. The molecule has 3 rings (SSSR count). The molecule has 0 unspecified atom stereocenters. The van der Waals surface area contributed by atoms with E-state index in [1.54, 1.807) is 25.2 Å². The van der Waals surface area contributed by atoms with Crippen molar-refractivity contribution in [2.45, 2.75) is 0 Å². The molecule has 0 aliphatic carbocycles. The van der Waals surface area contributed by atoms with Gasteiger partial charge in [-0.2, -0.15) is 0 Å². The van der Waals surface area contributed by atoms with Gasteiger partial charge in [0.2, 0.25) is 0 Å². The molecule has 10 heteroatoms. The summed E-state index contributed by atoms with van der Waals surface area (Å²) in [5.74, 6) is -2.07. The maximum Gasteiger partial charge on any atom is 0.254 e. The quantitative estimate of drug-likeness (QED) is 0.317. The van der Waals surface area contributed by atoms with E-state index in [1.165, 1.54) is 43.5 Å². The summed E-state index contributed by atoms with van der Waals surface area (Å²) >= 11 is 6.39. The highest BCUT2D eigenvalue weighted by Crippen LogP contribution is 2.30. The number of hydrogen-bond donors (Lipinski definition) is 1. The normalized spacial score (nSPS) is 10.8. The van der Waals surface area contributed by atoms with Crippen LogP contribution in [0.5, 0.6) is 5.75 Å². The van der Waals surface area contributed by atoms with Crippen molar-refractivity contribution in [1.82, 2.24) is 4.90 Å². The lowest BCUT2D eigenvalue weighted by Gasteiger charge is -2.22. The summed E-state index contributed by atoms with van der Waals surface area (Å²) in [6.45, 7) is 1.36. The number of ether oxygens (including phenoxy) is 3. The lowest BCUT2D eigenvalue weighted by molar-refractivity contribution is 0.0627. The topological polar surface area (TPSA) is 77.1 Å². The number of nitrogens with one attached hydrogen (secondary N) is 1. The zero-order chi connectivity index (χ0) is 26.9. The average molecular weight is 533 g/mol. The van der Waals surface area contributed by atoms with Gasteiger partial charge in [-0.3, -0.25) is 9.59 Å². The van der Waals surface area contributed by atoms with Crippen LogP contribution in [0.1, 0.15) is 26.3 Å². The molecule has 0 saturated carbocycles. The highest BCUT2D eigenvalue weighted by atomic mass is 35.5. The van der Waals surface area contributed by atoms with Crippen molar-refractivity contribution in [3.8, 4) is 5.75 Å². The molecular weight excluding hydrogens is 506 g/mol. The van der Waals surface area contributed by atoms with Crippen LogP contribution in [-0.4, -0.2) is 64.2 Å². The Morgan fingerprint density at radius 3 is 2.11 bits per heavy atom. The van der Waals surface area contributed by atoms with E-state index >= 15 is 0 Å². The van der Waals surface area contributed by atoms with Crippen molar-refractivity contribution in [3.63, 3.8) is 0 Å². The Kier molecular flexibility index (Phi) is 9.96. The minimum absolute atomic E-state index is 0.0485. The summed E-state index contributed by atoms with van der Waals surface area (Å²) in [7, 11) is 4.50. The predicted molar refractivity (Wildman–Crippen MR) is 137 cm³/mol. The van der Waals surface area contributed by atoms with Gasteiger partial charge >= 0.3 is 0 Å². The molecule has 0 aliphatic heterocycles. The summed E-state index contributed by atoms with van der Waals surface area (Å²) in [6.07, 6.45) is 0. The van der Waals surface area contributed by atoms with Gasteiger partial charge < -0.3 is 24.4 Å². The number of ketones is 1. The Morgan fingerprint density at radius 1 is 0.892 bits per heavy atom. The Labute approximate surface area is 218 Å². The van der Waals surface area contributed by atoms with Gasteiger partial charge in [0.1, 0.15) is 23.1 Å². The second-order valence-electron chi connectivity index (χ2n) is 7.94. The lowest BCUT2D eigenvalue weighted by atomic mass is 9.99. The van der Waals surface area contributed by atoms with E-state index < -0.39 is 17.4 Å². The van der Waals surface area contributed by atoms with Crippen molar-refractivity contribution in [3.05, 3.63) is 87.9 Å². The molecule has 0 radical (unpaired) electrons. The molecule has 3 aromatic carbocycles. The van der Waals surface area contributed by atoms with Gasteiger partial charge in [0.25, 0.3) is 5.91 Å². The van der Waals surface area contributed by atoms with Crippen LogP contribution in [-0.2, 0) is 9.47 Å². The number of halogens is 3. The molecular formula is C27H27ClF2N2O5. The monoisotopic (exact) mass is 532 g/mol. The number of carbonyl (C=O) groups is 2. The highest BCUT2D eigenvalue weighted by Gasteiger charge is 2.22. The van der Waals surface area contributed by atoms with Crippen LogP contribution in [0.15, 0.2) is 54.6 Å². The molecule has 0 heterocycles. The highest BCUT2D eigenvalue weighted by molar-refractivity contribution is 6.35. The number of amides is 1. The standard InChI is InChI=1S/C27H27ClF2N2O5/c1-35-13-11-32(12-14-36-2)27(34)17-7-10-24(37-3)20(15-17)26(33)19-9-8-18(16-21(19)28)31-25-22(29)5-4-6-23(25)30/h4-10,15-16,31H,11-14H2,1-3H3. The largest absolute Gasteiger partial charge is 0.496 e. The third-order valence-electron chi connectivity index (χ3n) is 5.55. The van der Waals surface area contributed by atoms with Crippen LogP contribution in [0.2, 0.25) is 5.02 Å². The number of para-hydroxylation sites is 1. The van der Waals surface area contributed by atoms with Gasteiger partial charge in [-0.25, -0.2) is 8.78 Å². The molecule has 7 nitrogen and oxygen atoms in total. The molecule has 37 heavy (non-hydrogen) atoms. The zero-order valence-electron chi connectivity index (χ0n) is 20.6. The predicted octanol–water partition coefficient (Wildman–Crippen LogP) is 5.34. The van der Waals surface area contributed by atoms with Crippen LogP contribution in [0.4, 0.5) is 20.2 Å². The summed E-state index contributed by atoms with van der Waals surface area (Å²) in [5, 5.41) is 2.69. The van der Waals surface area contributed by atoms with Gasteiger partial charge in [0, 0.05) is 44.1 Å². The number of rotatable bonds is 12. The molecule has 0 bridgehead atoms. The van der Waals surface area contributed by atoms with E-state index in [1.807, 2.05) is 0 Å². The fourth-order valence-corrected chi connectivity index (χ4v) is 3.87. The van der Waals surface area contributed by atoms with Crippen LogP contribution < -0.4 is 10.1 Å². The van der Waals surface area contributed by atoms with E-state index in [-0.39, 0.29) is 44.7 Å². The maximum atomic E-state index is 14.0. The minimum Gasteiger partial charge on any atom is -0.496 e. The van der Waals surface area contributed by atoms with Crippen LogP contribution in [0.25, 0.3) is 0 Å². The number of benzene rings is 3. The summed E-state index contributed by atoms with van der Waals surface area (Å²) < 4.78 is 43.5. The molecule has 3 aromatic rings. The van der Waals surface area contributed by atoms with E-state index in [9.17, 15) is 18.4 Å². The van der Waals surface area contributed by atoms with E-state index in [0.29, 0.717) is 26.3 Å². The van der Waals surface area contributed by atoms with Crippen molar-refractivity contribution in [2.24, 2.45) is 0 Å². The Morgan fingerprint density at radius 2 is 1.54 bits per heavy atom. The molecule has 0 aromatic heterocycles. The summed E-state index contributed by atoms with van der Waals surface area (Å²) in [5.41, 5.74) is 0.487. The Balaban J connectivity index is 1.91. The molecule has 0 atom stereocenters. The molecule has 0 aliphatic rings. The SMILES string of the molecule is COCCN(CCOC)C(=O)c1ccc(OC)c(C(=O)c2ccc(Nc3c(F)cccc3F)cc2Cl)c1. The first-order valence-corrected chi connectivity index (χ1v) is 11.7. The molecule has 196 valence electrons. The van der Waals surface area contributed by atoms with Crippen LogP contribution in [0, 0.1) is 11.6 Å². The average Bonchev–Trinajstić information content (AvgIpc) is 2.90. The third kappa shape index (κ3) is 6.82. The second kappa shape index (κ2) is 13.1. The first-order valence-electron chi connectivity index (χ1n) is 11.3. The minimum atomic E-state index is -0.771. The fourth-order valence-electron chi connectivity index (χ4n) is 3.60. The van der Waals surface area contributed by atoms with Crippen LogP contribution >= 0.6 is 11.6 Å². The van der Waals surface area contributed by atoms with Gasteiger partial charge in [0.05, 0.1) is 30.9 Å². The lowest BCUT2D eigenvalue weighted by Crippen LogP contribution is -2.36. The number of methoxy groups -OCH3 is 3. The van der Waals surface area contributed by atoms with E-state index in [4.69, 9.17) is 25.8 Å². The van der Waals surface area contributed by atoms with Gasteiger partial charge in [0.15, 0.2) is 5.78 Å². The van der Waals surface area contributed by atoms with Crippen molar-refractivity contribution < 1.29 is 32.6 Å². The summed E-state index contributed by atoms with van der Waals surface area (Å²) in [6, 6.07) is 12.4. The zero-order valence-corrected chi connectivity index (χ0v) is 21.4. The van der Waals surface area contributed by atoms with Crippen LogP contribution in [0.3, 0.4) is 0 Å². The third-order valence-corrected chi connectivity index (χ3v) is 5.87. The molecule has 0 saturated heterocycles. The van der Waals surface area contributed by atoms with E-state index in [0.717, 1.165) is 12.1 Å². The van der Waals surface area contributed by atoms with Crippen molar-refractivity contribution >= 4 is 34.7 Å². The van der Waals surface area contributed by atoms with Gasteiger partial charge in [-0.05, 0) is 48.5 Å². The fraction of sp³-hybridized carbons (Fsp3) is 0.259. The van der Waals surface area contributed by atoms with Gasteiger partial charge in [-0.15, -0.1) is 0 Å². The number of carbonyl (C=O) groups excluding carboxylic acids is 2. The summed E-state index contributed by atoms with van der Waals surface area (Å²) in [4.78, 5) is 28.2. The van der Waals surface area contributed by atoms with Crippen molar-refractivity contribution in [2.75, 3.05) is 52.9 Å². The molecule has 1 N–H and O–H groups in total. The van der Waals surface area contributed by atoms with Gasteiger partial charge in [-0.1, -0.05) is 17.7 Å². The van der Waals surface area contributed by atoms with Crippen molar-refractivity contribution in [1.29, 1.82) is 0 Å². The number of nitrogens with zero attached hydrogens (tertiary/aromatic N) is 1.